The molecular weight excluding hydrogens is 400 g/mol. The Morgan fingerprint density at radius 1 is 1.32 bits per heavy atom. The van der Waals surface area contributed by atoms with Gasteiger partial charge >= 0.3 is 12.1 Å². The van der Waals surface area contributed by atoms with Gasteiger partial charge in [0.1, 0.15) is 17.5 Å². The van der Waals surface area contributed by atoms with E-state index in [9.17, 15) is 19.5 Å². The third-order valence-electron chi connectivity index (χ3n) is 5.44. The van der Waals surface area contributed by atoms with Crippen LogP contribution in [-0.4, -0.2) is 64.2 Å². The number of aliphatic carboxylic acids is 1. The first-order chi connectivity index (χ1) is 14.6. The van der Waals surface area contributed by atoms with Crippen molar-refractivity contribution < 1.29 is 24.2 Å². The molecule has 1 saturated heterocycles. The second-order valence-electron chi connectivity index (χ2n) is 9.29. The molecule has 2 aliphatic heterocycles. The van der Waals surface area contributed by atoms with Crippen molar-refractivity contribution in [1.82, 2.24) is 15.2 Å². The van der Waals surface area contributed by atoms with E-state index in [1.807, 2.05) is 0 Å². The Balaban J connectivity index is 1.41. The predicted octanol–water partition coefficient (Wildman–Crippen LogP) is 2.20. The van der Waals surface area contributed by atoms with Crippen LogP contribution in [0.3, 0.4) is 0 Å². The van der Waals surface area contributed by atoms with E-state index in [2.05, 4.69) is 22.8 Å². The summed E-state index contributed by atoms with van der Waals surface area (Å²) in [6, 6.07) is 2.91. The lowest BCUT2D eigenvalue weighted by atomic mass is 9.93. The quantitative estimate of drug-likeness (QED) is 0.604. The highest BCUT2D eigenvalue weighted by Gasteiger charge is 2.34. The molecule has 3 heterocycles. The number of rotatable bonds is 7. The van der Waals surface area contributed by atoms with E-state index in [1.165, 1.54) is 5.56 Å². The Morgan fingerprint density at radius 3 is 2.74 bits per heavy atom. The second kappa shape index (κ2) is 9.53. The minimum atomic E-state index is -1.31. The normalized spacial score (nSPS) is 17.1. The van der Waals surface area contributed by atoms with Crippen LogP contribution in [0.2, 0.25) is 0 Å². The summed E-state index contributed by atoms with van der Waals surface area (Å²) in [6.45, 7) is 7.21. The molecule has 0 radical (unpaired) electrons. The van der Waals surface area contributed by atoms with Crippen molar-refractivity contribution in [2.24, 2.45) is 5.92 Å². The van der Waals surface area contributed by atoms with Gasteiger partial charge in [-0.25, -0.2) is 14.6 Å². The Morgan fingerprint density at radius 2 is 2.06 bits per heavy atom. The Labute approximate surface area is 182 Å². The van der Waals surface area contributed by atoms with Gasteiger partial charge in [0.25, 0.3) is 0 Å². The third-order valence-corrected chi connectivity index (χ3v) is 5.44. The molecular formula is C22H32N4O5. The zero-order valence-electron chi connectivity index (χ0n) is 18.4. The lowest BCUT2D eigenvalue weighted by Crippen LogP contribution is -2.53. The standard InChI is InChI=1S/C22H32N4O5/c1-22(2,3)31-21(30)25-17(20(28)29)11-18(27)26-12-14(13-26)6-8-16-9-7-15-5-4-10-23-19(15)24-16/h7,9,14,17H,4-6,8,10-13H2,1-3H3,(H,23,24)(H,25,30)(H,28,29)/t17-/m0/s1. The van der Waals surface area contributed by atoms with E-state index in [1.54, 1.807) is 25.7 Å². The summed E-state index contributed by atoms with van der Waals surface area (Å²) in [5.41, 5.74) is 1.57. The third kappa shape index (κ3) is 6.57. The molecule has 9 heteroatoms. The molecule has 3 rings (SSSR count). The first-order valence-electron chi connectivity index (χ1n) is 10.8. The van der Waals surface area contributed by atoms with Gasteiger partial charge in [-0.05, 0) is 64.0 Å². The van der Waals surface area contributed by atoms with Gasteiger partial charge in [0.15, 0.2) is 0 Å². The van der Waals surface area contributed by atoms with Crippen molar-refractivity contribution in [3.05, 3.63) is 23.4 Å². The lowest BCUT2D eigenvalue weighted by molar-refractivity contribution is -0.145. The first-order valence-corrected chi connectivity index (χ1v) is 10.8. The monoisotopic (exact) mass is 432 g/mol. The number of carbonyl (C=O) groups is 3. The molecule has 0 aromatic carbocycles. The number of nitrogens with zero attached hydrogens (tertiary/aromatic N) is 2. The van der Waals surface area contributed by atoms with Crippen LogP contribution in [0.25, 0.3) is 0 Å². The highest BCUT2D eigenvalue weighted by atomic mass is 16.6. The maximum absolute atomic E-state index is 12.4. The van der Waals surface area contributed by atoms with Crippen LogP contribution in [0.5, 0.6) is 0 Å². The highest BCUT2D eigenvalue weighted by molar-refractivity contribution is 5.87. The van der Waals surface area contributed by atoms with Gasteiger partial charge in [-0.3, -0.25) is 4.79 Å². The average Bonchev–Trinajstić information content (AvgIpc) is 2.64. The molecule has 0 unspecified atom stereocenters. The number of hydrogen-bond acceptors (Lipinski definition) is 6. The second-order valence-corrected chi connectivity index (χ2v) is 9.29. The number of carboxylic acids is 1. The largest absolute Gasteiger partial charge is 0.480 e. The van der Waals surface area contributed by atoms with E-state index in [0.29, 0.717) is 19.0 Å². The van der Waals surface area contributed by atoms with Crippen molar-refractivity contribution in [1.29, 1.82) is 0 Å². The molecule has 1 aromatic heterocycles. The number of ether oxygens (including phenoxy) is 1. The molecule has 31 heavy (non-hydrogen) atoms. The average molecular weight is 433 g/mol. The van der Waals surface area contributed by atoms with Crippen LogP contribution >= 0.6 is 0 Å². The van der Waals surface area contributed by atoms with E-state index < -0.39 is 23.7 Å². The van der Waals surface area contributed by atoms with Gasteiger partial charge in [-0.15, -0.1) is 0 Å². The molecule has 1 aromatic rings. The fourth-order valence-corrected chi connectivity index (χ4v) is 3.77. The topological polar surface area (TPSA) is 121 Å². The number of hydrogen-bond donors (Lipinski definition) is 3. The van der Waals surface area contributed by atoms with Crippen molar-refractivity contribution in [3.63, 3.8) is 0 Å². The molecule has 0 spiro atoms. The molecule has 0 bridgehead atoms. The molecule has 0 aliphatic carbocycles. The number of carboxylic acid groups (broad SMARTS) is 1. The number of likely N-dealkylation sites (tertiary alicyclic amines) is 1. The molecule has 3 N–H and O–H groups in total. The molecule has 2 amide bonds. The van der Waals surface area contributed by atoms with Crippen LogP contribution in [0.1, 0.15) is 51.3 Å². The number of anilines is 1. The predicted molar refractivity (Wildman–Crippen MR) is 115 cm³/mol. The molecule has 9 nitrogen and oxygen atoms in total. The number of aromatic nitrogens is 1. The fourth-order valence-electron chi connectivity index (χ4n) is 3.77. The van der Waals surface area contributed by atoms with Crippen molar-refractivity contribution in [2.75, 3.05) is 25.0 Å². The maximum Gasteiger partial charge on any atom is 0.408 e. The van der Waals surface area contributed by atoms with Crippen LogP contribution < -0.4 is 10.6 Å². The smallest absolute Gasteiger partial charge is 0.408 e. The summed E-state index contributed by atoms with van der Waals surface area (Å²) >= 11 is 0. The number of fused-ring (bicyclic) bond motifs is 1. The van der Waals surface area contributed by atoms with Gasteiger partial charge in [0.05, 0.1) is 6.42 Å². The molecule has 0 saturated carbocycles. The Hall–Kier alpha value is -2.84. The van der Waals surface area contributed by atoms with Gasteiger partial charge in [0.2, 0.25) is 5.91 Å². The zero-order valence-corrected chi connectivity index (χ0v) is 18.4. The summed E-state index contributed by atoms with van der Waals surface area (Å²) in [4.78, 5) is 42.1. The number of pyridine rings is 1. The van der Waals surface area contributed by atoms with Crippen molar-refractivity contribution in [3.8, 4) is 0 Å². The van der Waals surface area contributed by atoms with Gasteiger partial charge in [0, 0.05) is 25.3 Å². The maximum atomic E-state index is 12.4. The zero-order chi connectivity index (χ0) is 22.6. The van der Waals surface area contributed by atoms with E-state index in [4.69, 9.17) is 9.72 Å². The molecule has 1 fully saturated rings. The molecule has 170 valence electrons. The van der Waals surface area contributed by atoms with Gasteiger partial charge in [-0.2, -0.15) is 0 Å². The molecule has 1 atom stereocenters. The lowest BCUT2D eigenvalue weighted by Gasteiger charge is -2.40. The van der Waals surface area contributed by atoms with E-state index in [0.717, 1.165) is 43.7 Å². The van der Waals surface area contributed by atoms with Crippen LogP contribution in [0.15, 0.2) is 12.1 Å². The van der Waals surface area contributed by atoms with Crippen LogP contribution in [0, 0.1) is 5.92 Å². The Kier molecular flexibility index (Phi) is 7.02. The van der Waals surface area contributed by atoms with Crippen LogP contribution in [0.4, 0.5) is 10.6 Å². The SMILES string of the molecule is CC(C)(C)OC(=O)N[C@@H](CC(=O)N1CC(CCc2ccc3c(n2)NCCC3)C1)C(=O)O. The Bertz CT molecular complexity index is 830. The minimum Gasteiger partial charge on any atom is -0.480 e. The first kappa shape index (κ1) is 22.8. The number of alkyl carbamates (subject to hydrolysis) is 1. The summed E-state index contributed by atoms with van der Waals surface area (Å²) in [7, 11) is 0. The number of carbonyl (C=O) groups excluding carboxylic acids is 2. The molecule has 2 aliphatic rings. The van der Waals surface area contributed by atoms with Crippen molar-refractivity contribution >= 4 is 23.8 Å². The minimum absolute atomic E-state index is 0.282. The van der Waals surface area contributed by atoms with Crippen LogP contribution in [-0.2, 0) is 27.2 Å². The van der Waals surface area contributed by atoms with E-state index >= 15 is 0 Å². The van der Waals surface area contributed by atoms with Crippen molar-refractivity contribution in [2.45, 2.75) is 64.5 Å². The summed E-state index contributed by atoms with van der Waals surface area (Å²) in [5, 5.41) is 14.9. The van der Waals surface area contributed by atoms with E-state index in [-0.39, 0.29) is 12.3 Å². The highest BCUT2D eigenvalue weighted by Crippen LogP contribution is 2.24. The number of nitrogens with one attached hydrogen (secondary N) is 2. The summed E-state index contributed by atoms with van der Waals surface area (Å²) in [6.07, 6.45) is 2.83. The summed E-state index contributed by atoms with van der Waals surface area (Å²) in [5.74, 6) is -0.178. The van der Waals surface area contributed by atoms with Gasteiger partial charge < -0.3 is 25.4 Å². The fraction of sp³-hybridized carbons (Fsp3) is 0.636. The summed E-state index contributed by atoms with van der Waals surface area (Å²) < 4.78 is 5.08. The van der Waals surface area contributed by atoms with Gasteiger partial charge in [-0.1, -0.05) is 6.07 Å². The number of aryl methyl sites for hydroxylation is 2. The number of amides is 2.